The van der Waals surface area contributed by atoms with Gasteiger partial charge in [0.05, 0.1) is 0 Å². The summed E-state index contributed by atoms with van der Waals surface area (Å²) in [5.74, 6) is -1.66. The van der Waals surface area contributed by atoms with E-state index >= 15 is 0 Å². The zero-order chi connectivity index (χ0) is 15.1. The molecule has 1 aliphatic rings. The second-order valence-electron chi connectivity index (χ2n) is 4.90. The van der Waals surface area contributed by atoms with E-state index in [0.717, 1.165) is 17.7 Å². The minimum Gasteiger partial charge on any atom is -0.480 e. The Balaban J connectivity index is 2.54. The maximum absolute atomic E-state index is 12.0. The van der Waals surface area contributed by atoms with Crippen LogP contribution in [0.4, 0.5) is 4.79 Å². The number of amides is 3. The number of carbonyl (C=O) groups excluding carboxylic acids is 2. The third-order valence-corrected chi connectivity index (χ3v) is 3.28. The van der Waals surface area contributed by atoms with Crippen LogP contribution in [0.15, 0.2) is 0 Å². The lowest BCUT2D eigenvalue weighted by Crippen LogP contribution is -2.50. The highest BCUT2D eigenvalue weighted by Gasteiger charge is 2.25. The van der Waals surface area contributed by atoms with Gasteiger partial charge in [0, 0.05) is 19.3 Å². The lowest BCUT2D eigenvalue weighted by atomic mass is 9.93. The van der Waals surface area contributed by atoms with Crippen molar-refractivity contribution in [2.45, 2.75) is 25.8 Å². The van der Waals surface area contributed by atoms with Crippen LogP contribution >= 0.6 is 0 Å². The molecule has 3 amide bonds. The standard InChI is InChI=1S/C12H21N3O5/c1-8(9-2-4-20-5-3-9)14-12(19)15(6-10(13)16)7-11(17)18/h8-9H,2-7H2,1H3,(H2,13,16)(H,14,19)(H,17,18). The first-order chi connectivity index (χ1) is 9.40. The number of nitrogens with two attached hydrogens (primary N) is 1. The molecule has 0 spiro atoms. The molecule has 8 heteroatoms. The average molecular weight is 287 g/mol. The molecule has 114 valence electrons. The Morgan fingerprint density at radius 2 is 1.95 bits per heavy atom. The average Bonchev–Trinajstić information content (AvgIpc) is 2.37. The third-order valence-electron chi connectivity index (χ3n) is 3.28. The molecule has 1 unspecified atom stereocenters. The summed E-state index contributed by atoms with van der Waals surface area (Å²) in [6.45, 7) is 2.20. The number of aliphatic carboxylic acids is 1. The second kappa shape index (κ2) is 7.68. The lowest BCUT2D eigenvalue weighted by molar-refractivity contribution is -0.137. The van der Waals surface area contributed by atoms with Gasteiger partial charge in [-0.1, -0.05) is 0 Å². The molecule has 1 heterocycles. The van der Waals surface area contributed by atoms with Crippen LogP contribution in [-0.2, 0) is 14.3 Å². The molecule has 0 bridgehead atoms. The summed E-state index contributed by atoms with van der Waals surface area (Å²) >= 11 is 0. The van der Waals surface area contributed by atoms with Crippen LogP contribution in [0.5, 0.6) is 0 Å². The van der Waals surface area contributed by atoms with Gasteiger partial charge in [0.25, 0.3) is 0 Å². The summed E-state index contributed by atoms with van der Waals surface area (Å²) in [5.41, 5.74) is 5.01. The molecule has 20 heavy (non-hydrogen) atoms. The monoisotopic (exact) mass is 287 g/mol. The summed E-state index contributed by atoms with van der Waals surface area (Å²) in [6.07, 6.45) is 1.69. The molecule has 4 N–H and O–H groups in total. The fraction of sp³-hybridized carbons (Fsp3) is 0.750. The predicted octanol–water partition coefficient (Wildman–Crippen LogP) is -0.617. The van der Waals surface area contributed by atoms with Crippen molar-refractivity contribution in [3.05, 3.63) is 0 Å². The topological polar surface area (TPSA) is 122 Å². The number of carboxylic acids is 1. The Kier molecular flexibility index (Phi) is 6.23. The summed E-state index contributed by atoms with van der Waals surface area (Å²) in [7, 11) is 0. The van der Waals surface area contributed by atoms with E-state index in [2.05, 4.69) is 5.32 Å². The minimum atomic E-state index is -1.19. The number of ether oxygens (including phenoxy) is 1. The number of hydrogen-bond donors (Lipinski definition) is 3. The van der Waals surface area contributed by atoms with Gasteiger partial charge in [0.1, 0.15) is 13.1 Å². The molecule has 0 aromatic heterocycles. The van der Waals surface area contributed by atoms with Crippen LogP contribution in [0, 0.1) is 5.92 Å². The molecule has 1 fully saturated rings. The number of urea groups is 1. The Labute approximate surface area is 117 Å². The molecular weight excluding hydrogens is 266 g/mol. The minimum absolute atomic E-state index is 0.115. The molecule has 1 saturated heterocycles. The number of nitrogens with one attached hydrogen (secondary N) is 1. The first-order valence-electron chi connectivity index (χ1n) is 6.53. The van der Waals surface area contributed by atoms with E-state index in [1.807, 2.05) is 6.92 Å². The second-order valence-corrected chi connectivity index (χ2v) is 4.90. The molecule has 0 aromatic carbocycles. The summed E-state index contributed by atoms with van der Waals surface area (Å²) in [5, 5.41) is 11.5. The largest absolute Gasteiger partial charge is 0.480 e. The van der Waals surface area contributed by atoms with Crippen molar-refractivity contribution < 1.29 is 24.2 Å². The van der Waals surface area contributed by atoms with Crippen LogP contribution in [0.2, 0.25) is 0 Å². The van der Waals surface area contributed by atoms with Crippen LogP contribution in [-0.4, -0.2) is 60.3 Å². The number of hydrogen-bond acceptors (Lipinski definition) is 4. The molecular formula is C12H21N3O5. The molecule has 1 aliphatic heterocycles. The molecule has 0 aliphatic carbocycles. The Morgan fingerprint density at radius 1 is 1.35 bits per heavy atom. The summed E-state index contributed by atoms with van der Waals surface area (Å²) in [4.78, 5) is 34.4. The van der Waals surface area contributed by atoms with Gasteiger partial charge in [-0.2, -0.15) is 0 Å². The number of carboxylic acid groups (broad SMARTS) is 1. The van der Waals surface area contributed by atoms with Gasteiger partial charge in [-0.3, -0.25) is 9.59 Å². The van der Waals surface area contributed by atoms with E-state index in [0.29, 0.717) is 13.2 Å². The van der Waals surface area contributed by atoms with Crippen molar-refractivity contribution in [3.63, 3.8) is 0 Å². The molecule has 1 rings (SSSR count). The van der Waals surface area contributed by atoms with Crippen molar-refractivity contribution in [3.8, 4) is 0 Å². The van der Waals surface area contributed by atoms with Crippen LogP contribution in [0.3, 0.4) is 0 Å². The van der Waals surface area contributed by atoms with Gasteiger partial charge in [0.2, 0.25) is 5.91 Å². The summed E-state index contributed by atoms with van der Waals surface area (Å²) < 4.78 is 5.25. The maximum Gasteiger partial charge on any atom is 0.323 e. The van der Waals surface area contributed by atoms with Gasteiger partial charge < -0.3 is 25.8 Å². The lowest BCUT2D eigenvalue weighted by Gasteiger charge is -2.30. The van der Waals surface area contributed by atoms with Gasteiger partial charge in [-0.05, 0) is 25.7 Å². The van der Waals surface area contributed by atoms with Crippen molar-refractivity contribution in [2.75, 3.05) is 26.3 Å². The third kappa shape index (κ3) is 5.43. The van der Waals surface area contributed by atoms with E-state index in [1.54, 1.807) is 0 Å². The maximum atomic E-state index is 12.0. The number of rotatable bonds is 6. The quantitative estimate of drug-likeness (QED) is 0.601. The zero-order valence-electron chi connectivity index (χ0n) is 11.5. The van der Waals surface area contributed by atoms with Crippen molar-refractivity contribution in [1.82, 2.24) is 10.2 Å². The predicted molar refractivity (Wildman–Crippen MR) is 69.9 cm³/mol. The Bertz CT molecular complexity index is 352. The highest BCUT2D eigenvalue weighted by molar-refractivity contribution is 5.86. The van der Waals surface area contributed by atoms with Gasteiger partial charge in [-0.25, -0.2) is 4.79 Å². The number of carbonyl (C=O) groups is 3. The Morgan fingerprint density at radius 3 is 2.45 bits per heavy atom. The zero-order valence-corrected chi connectivity index (χ0v) is 11.5. The molecule has 1 atom stereocenters. The smallest absolute Gasteiger partial charge is 0.323 e. The van der Waals surface area contributed by atoms with E-state index in [1.165, 1.54) is 0 Å². The number of primary amides is 1. The highest BCUT2D eigenvalue weighted by atomic mass is 16.5. The van der Waals surface area contributed by atoms with Crippen molar-refractivity contribution in [1.29, 1.82) is 0 Å². The van der Waals surface area contributed by atoms with Crippen LogP contribution < -0.4 is 11.1 Å². The molecule has 0 radical (unpaired) electrons. The fourth-order valence-electron chi connectivity index (χ4n) is 2.17. The van der Waals surface area contributed by atoms with E-state index in [-0.39, 0.29) is 12.0 Å². The van der Waals surface area contributed by atoms with Crippen molar-refractivity contribution >= 4 is 17.9 Å². The number of nitrogens with zero attached hydrogens (tertiary/aromatic N) is 1. The van der Waals surface area contributed by atoms with E-state index in [9.17, 15) is 14.4 Å². The molecule has 0 aromatic rings. The van der Waals surface area contributed by atoms with Crippen molar-refractivity contribution in [2.24, 2.45) is 11.7 Å². The SMILES string of the molecule is CC(NC(=O)N(CC(N)=O)CC(=O)O)C1CCOCC1. The van der Waals surface area contributed by atoms with Gasteiger partial charge in [0.15, 0.2) is 0 Å². The fourth-order valence-corrected chi connectivity index (χ4v) is 2.17. The first-order valence-corrected chi connectivity index (χ1v) is 6.53. The van der Waals surface area contributed by atoms with Gasteiger partial charge >= 0.3 is 12.0 Å². The normalized spacial score (nSPS) is 17.2. The van der Waals surface area contributed by atoms with Crippen LogP contribution in [0.1, 0.15) is 19.8 Å². The van der Waals surface area contributed by atoms with Gasteiger partial charge in [-0.15, -0.1) is 0 Å². The molecule has 8 nitrogen and oxygen atoms in total. The van der Waals surface area contributed by atoms with E-state index in [4.69, 9.17) is 15.6 Å². The summed E-state index contributed by atoms with van der Waals surface area (Å²) in [6, 6.07) is -0.708. The van der Waals surface area contributed by atoms with E-state index < -0.39 is 31.0 Å². The first kappa shape index (κ1) is 16.2. The Hall–Kier alpha value is -1.83. The highest BCUT2D eigenvalue weighted by Crippen LogP contribution is 2.18. The molecule has 0 saturated carbocycles. The van der Waals surface area contributed by atoms with Crippen LogP contribution in [0.25, 0.3) is 0 Å².